The molecule has 0 saturated carbocycles. The first-order chi connectivity index (χ1) is 26.7. The van der Waals surface area contributed by atoms with E-state index < -0.39 is 0 Å². The van der Waals surface area contributed by atoms with Crippen LogP contribution in [0.15, 0.2) is 146 Å². The quantitative estimate of drug-likeness (QED) is 0.168. The van der Waals surface area contributed by atoms with Crippen LogP contribution < -0.4 is 0 Å². The second-order valence-electron chi connectivity index (χ2n) is 14.8. The van der Waals surface area contributed by atoms with E-state index in [4.69, 9.17) is 6.57 Å². The first-order valence-electron chi connectivity index (χ1n) is 18.4. The van der Waals surface area contributed by atoms with Gasteiger partial charge in [0.05, 0.1) is 18.2 Å². The molecule has 0 saturated heterocycles. The van der Waals surface area contributed by atoms with Gasteiger partial charge in [0.15, 0.2) is 5.69 Å². The van der Waals surface area contributed by atoms with Crippen molar-refractivity contribution in [3.05, 3.63) is 163 Å². The highest BCUT2D eigenvalue weighted by atomic mass is 14.6. The van der Waals surface area contributed by atoms with Gasteiger partial charge in [-0.2, -0.15) is 5.26 Å². The van der Waals surface area contributed by atoms with Crippen LogP contribution in [0.2, 0.25) is 0 Å². The van der Waals surface area contributed by atoms with E-state index in [9.17, 15) is 5.26 Å². The Morgan fingerprint density at radius 3 is 1.22 bits per heavy atom. The van der Waals surface area contributed by atoms with E-state index >= 15 is 0 Å². The van der Waals surface area contributed by atoms with Gasteiger partial charge < -0.3 is 0 Å². The van der Waals surface area contributed by atoms with Crippen LogP contribution in [-0.2, 0) is 0 Å². The average Bonchev–Trinajstić information content (AvgIpc) is 3.95. The second kappa shape index (κ2) is 9.67. The zero-order valence-corrected chi connectivity index (χ0v) is 28.8. The second-order valence-corrected chi connectivity index (χ2v) is 14.8. The van der Waals surface area contributed by atoms with Gasteiger partial charge in [-0.3, -0.25) is 0 Å². The molecule has 0 radical (unpaired) electrons. The van der Waals surface area contributed by atoms with Crippen LogP contribution in [0.1, 0.15) is 5.56 Å². The van der Waals surface area contributed by atoms with E-state index in [0.717, 1.165) is 11.1 Å². The van der Waals surface area contributed by atoms with Crippen molar-refractivity contribution < 1.29 is 0 Å². The summed E-state index contributed by atoms with van der Waals surface area (Å²) in [6.07, 6.45) is 0. The number of rotatable bonds is 2. The lowest BCUT2D eigenvalue weighted by Crippen LogP contribution is -1.88. The molecule has 0 unspecified atom stereocenters. The largest absolute Gasteiger partial charge is 0.238 e. The summed E-state index contributed by atoms with van der Waals surface area (Å²) in [4.78, 5) is 3.79. The molecule has 13 rings (SSSR count). The molecule has 0 aliphatic heterocycles. The van der Waals surface area contributed by atoms with Crippen molar-refractivity contribution in [2.24, 2.45) is 0 Å². The van der Waals surface area contributed by atoms with Gasteiger partial charge in [-0.15, -0.1) is 0 Å². The minimum Gasteiger partial charge on any atom is -0.238 e. The predicted octanol–water partition coefficient (Wildman–Crippen LogP) is 14.5. The van der Waals surface area contributed by atoms with Gasteiger partial charge in [0, 0.05) is 0 Å². The van der Waals surface area contributed by atoms with Gasteiger partial charge >= 0.3 is 0 Å². The highest BCUT2D eigenvalue weighted by Gasteiger charge is 2.32. The average molecular weight is 677 g/mol. The first-order valence-corrected chi connectivity index (χ1v) is 18.4. The zero-order chi connectivity index (χ0) is 35.4. The van der Waals surface area contributed by atoms with E-state index in [0.29, 0.717) is 11.3 Å². The topological polar surface area (TPSA) is 28.1 Å². The minimum atomic E-state index is 0.669. The van der Waals surface area contributed by atoms with Gasteiger partial charge in [0.2, 0.25) is 0 Å². The summed E-state index contributed by atoms with van der Waals surface area (Å²) in [5, 5.41) is 25.2. The molecule has 0 N–H and O–H groups in total. The summed E-state index contributed by atoms with van der Waals surface area (Å²) in [6.45, 7) is 7.74. The van der Waals surface area contributed by atoms with Crippen molar-refractivity contribution in [3.63, 3.8) is 0 Å². The lowest BCUT2D eigenvalue weighted by Gasteiger charge is -2.15. The Hall–Kier alpha value is -7.52. The lowest BCUT2D eigenvalue weighted by atomic mass is 9.87. The van der Waals surface area contributed by atoms with E-state index in [1.54, 1.807) is 0 Å². The monoisotopic (exact) mass is 676 g/mol. The molecule has 54 heavy (non-hydrogen) atoms. The van der Waals surface area contributed by atoms with Gasteiger partial charge in [0.1, 0.15) is 0 Å². The van der Waals surface area contributed by atoms with Crippen LogP contribution in [0, 0.1) is 17.9 Å². The Kier molecular flexibility index (Phi) is 5.03. The molecule has 242 valence electrons. The van der Waals surface area contributed by atoms with Gasteiger partial charge in [-0.05, 0) is 150 Å². The van der Waals surface area contributed by atoms with E-state index in [-0.39, 0.29) is 0 Å². The standard InChI is InChI=1S/C52H24N2/c1-54-30-13-15-32-34-17-21-38-48-40(23-19-36(46(34)48)42(32)25-30)52-43(28-8-4-2-5-9-28)49-37-20-16-33-31-14-12-27(26-53)24-41(31)35-18-22-39(47(37)45(33)35)51(49)44(50(38)52)29-10-6-3-7-11-29/h2-25H. The Labute approximate surface area is 309 Å². The molecule has 11 aromatic rings. The predicted molar refractivity (Wildman–Crippen MR) is 225 cm³/mol. The van der Waals surface area contributed by atoms with Crippen LogP contribution in [0.25, 0.3) is 136 Å². The normalized spacial score (nSPS) is 12.4. The van der Waals surface area contributed by atoms with Crippen molar-refractivity contribution in [1.82, 2.24) is 0 Å². The van der Waals surface area contributed by atoms with Gasteiger partial charge in [0.25, 0.3) is 0 Å². The van der Waals surface area contributed by atoms with Crippen molar-refractivity contribution in [2.45, 2.75) is 0 Å². The van der Waals surface area contributed by atoms with Crippen molar-refractivity contribution >= 4 is 70.3 Å². The Morgan fingerprint density at radius 2 is 0.778 bits per heavy atom. The summed E-state index contributed by atoms with van der Waals surface area (Å²) < 4.78 is 0. The summed E-state index contributed by atoms with van der Waals surface area (Å²) in [7, 11) is 0. The number of hydrogen-bond donors (Lipinski definition) is 0. The molecule has 0 amide bonds. The van der Waals surface area contributed by atoms with Crippen LogP contribution in [0.4, 0.5) is 5.69 Å². The summed E-state index contributed by atoms with van der Waals surface area (Å²) in [6, 6.07) is 55.2. The maximum Gasteiger partial charge on any atom is 0.187 e. The van der Waals surface area contributed by atoms with E-state index in [1.807, 2.05) is 12.1 Å². The Bertz CT molecular complexity index is 3300. The smallest absolute Gasteiger partial charge is 0.187 e. The lowest BCUT2D eigenvalue weighted by molar-refractivity contribution is 1.49. The van der Waals surface area contributed by atoms with Crippen LogP contribution >= 0.6 is 0 Å². The van der Waals surface area contributed by atoms with Crippen molar-refractivity contribution in [1.29, 1.82) is 5.26 Å². The number of benzene rings is 9. The van der Waals surface area contributed by atoms with Crippen molar-refractivity contribution in [3.8, 4) is 72.8 Å². The highest BCUT2D eigenvalue weighted by Crippen LogP contribution is 2.60. The molecule has 11 aromatic carbocycles. The van der Waals surface area contributed by atoms with E-state index in [1.165, 1.54) is 120 Å². The number of nitriles is 1. The van der Waals surface area contributed by atoms with Gasteiger partial charge in [-0.1, -0.05) is 127 Å². The molecular weight excluding hydrogens is 653 g/mol. The number of nitrogens with zero attached hydrogens (tertiary/aromatic N) is 2. The summed E-state index contributed by atoms with van der Waals surface area (Å²) >= 11 is 0. The third kappa shape index (κ3) is 3.19. The molecule has 0 atom stereocenters. The minimum absolute atomic E-state index is 0.669. The van der Waals surface area contributed by atoms with E-state index in [2.05, 4.69) is 144 Å². The Morgan fingerprint density at radius 1 is 0.370 bits per heavy atom. The molecule has 0 heterocycles. The molecule has 2 aliphatic carbocycles. The van der Waals surface area contributed by atoms with Crippen LogP contribution in [0.5, 0.6) is 0 Å². The third-order valence-corrected chi connectivity index (χ3v) is 12.5. The molecule has 0 fully saturated rings. The summed E-state index contributed by atoms with van der Waals surface area (Å²) in [5.74, 6) is 0. The van der Waals surface area contributed by atoms with Gasteiger partial charge in [-0.25, -0.2) is 4.85 Å². The molecule has 0 bridgehead atoms. The molecule has 2 aliphatic rings. The summed E-state index contributed by atoms with van der Waals surface area (Å²) in [5.41, 5.74) is 15.9. The fourth-order valence-electron chi connectivity index (χ4n) is 10.5. The maximum absolute atomic E-state index is 9.82. The third-order valence-electron chi connectivity index (χ3n) is 12.5. The molecule has 0 spiro atoms. The molecule has 2 nitrogen and oxygen atoms in total. The Balaban J connectivity index is 1.30. The first kappa shape index (κ1) is 28.1. The molecular formula is C52H24N2. The van der Waals surface area contributed by atoms with Crippen LogP contribution in [0.3, 0.4) is 0 Å². The highest BCUT2D eigenvalue weighted by molar-refractivity contribution is 6.48. The number of hydrogen-bond acceptors (Lipinski definition) is 1. The molecule has 2 heteroatoms. The maximum atomic E-state index is 9.82. The van der Waals surface area contributed by atoms with Crippen molar-refractivity contribution in [2.75, 3.05) is 0 Å². The SMILES string of the molecule is [C-]#[N+]c1ccc2c(c1)-c1ccc3c4c(-c5ccccc5)c5c6ccc7c8c(ccc(c5c(-c5ccccc5)c4c4ccc-2c1c43)c86)-c1cc(C#N)ccc1-7. The molecule has 0 aromatic heterocycles. The zero-order valence-electron chi connectivity index (χ0n) is 28.8. The van der Waals surface area contributed by atoms with Crippen LogP contribution in [-0.4, -0.2) is 0 Å². The fraction of sp³-hybridized carbons (Fsp3) is 0. The number of fused-ring (bicyclic) bond motifs is 12. The fourth-order valence-corrected chi connectivity index (χ4v) is 10.5.